The van der Waals surface area contributed by atoms with Crippen molar-refractivity contribution >= 4 is 0 Å². The standard InChI is InChI=1S/C20H31NO3/c1-2-11-23-19-5-3-4-17(15-19)6-10-21-18-7-12-24-20(16-18)8-13-22-14-9-20/h3-5,15,18,21H,2,6-14,16H2,1H3/t18-/m1/s1. The Balaban J connectivity index is 1.44. The molecule has 0 unspecified atom stereocenters. The van der Waals surface area contributed by atoms with E-state index in [9.17, 15) is 0 Å². The zero-order valence-corrected chi connectivity index (χ0v) is 14.9. The topological polar surface area (TPSA) is 39.7 Å². The molecule has 2 aliphatic heterocycles. The second-order valence-corrected chi connectivity index (χ2v) is 7.03. The lowest BCUT2D eigenvalue weighted by Crippen LogP contribution is -2.50. The number of ether oxygens (including phenoxy) is 3. The van der Waals surface area contributed by atoms with Crippen LogP contribution in [0, 0.1) is 0 Å². The van der Waals surface area contributed by atoms with Crippen molar-refractivity contribution in [3.05, 3.63) is 29.8 Å². The van der Waals surface area contributed by atoms with Gasteiger partial charge in [0.05, 0.1) is 12.2 Å². The van der Waals surface area contributed by atoms with Crippen molar-refractivity contribution < 1.29 is 14.2 Å². The van der Waals surface area contributed by atoms with Gasteiger partial charge in [0.15, 0.2) is 0 Å². The summed E-state index contributed by atoms with van der Waals surface area (Å²) in [6.45, 7) is 6.49. The van der Waals surface area contributed by atoms with Crippen LogP contribution >= 0.6 is 0 Å². The van der Waals surface area contributed by atoms with Crippen molar-refractivity contribution in [1.29, 1.82) is 0 Å². The van der Waals surface area contributed by atoms with Crippen LogP contribution in [0.3, 0.4) is 0 Å². The predicted molar refractivity (Wildman–Crippen MR) is 95.7 cm³/mol. The average Bonchev–Trinajstić information content (AvgIpc) is 2.61. The van der Waals surface area contributed by atoms with Crippen LogP contribution in [0.1, 0.15) is 44.6 Å². The average molecular weight is 333 g/mol. The van der Waals surface area contributed by atoms with Gasteiger partial charge in [-0.15, -0.1) is 0 Å². The highest BCUT2D eigenvalue weighted by atomic mass is 16.5. The zero-order chi connectivity index (χ0) is 16.7. The van der Waals surface area contributed by atoms with Gasteiger partial charge in [-0.2, -0.15) is 0 Å². The molecule has 2 fully saturated rings. The van der Waals surface area contributed by atoms with Crippen LogP contribution in [0.4, 0.5) is 0 Å². The molecule has 1 aromatic carbocycles. The van der Waals surface area contributed by atoms with E-state index >= 15 is 0 Å². The molecule has 0 aliphatic carbocycles. The summed E-state index contributed by atoms with van der Waals surface area (Å²) in [6.07, 6.45) is 6.40. The zero-order valence-electron chi connectivity index (χ0n) is 14.9. The van der Waals surface area contributed by atoms with Crippen LogP contribution in [-0.4, -0.2) is 44.6 Å². The Morgan fingerprint density at radius 1 is 1.25 bits per heavy atom. The molecule has 2 saturated heterocycles. The van der Waals surface area contributed by atoms with E-state index in [0.717, 1.165) is 77.2 Å². The summed E-state index contributed by atoms with van der Waals surface area (Å²) in [6, 6.07) is 9.05. The molecule has 0 aromatic heterocycles. The molecule has 0 saturated carbocycles. The van der Waals surface area contributed by atoms with Crippen molar-refractivity contribution in [3.63, 3.8) is 0 Å². The molecule has 1 N–H and O–H groups in total. The molecule has 0 radical (unpaired) electrons. The Morgan fingerprint density at radius 2 is 2.12 bits per heavy atom. The SMILES string of the molecule is CCCOc1cccc(CCN[C@@H]2CCOC3(CCOCC3)C2)c1. The van der Waals surface area contributed by atoms with E-state index in [0.29, 0.717) is 6.04 Å². The van der Waals surface area contributed by atoms with Crippen LogP contribution in [0.2, 0.25) is 0 Å². The van der Waals surface area contributed by atoms with Gasteiger partial charge in [0.1, 0.15) is 5.75 Å². The summed E-state index contributed by atoms with van der Waals surface area (Å²) in [7, 11) is 0. The van der Waals surface area contributed by atoms with Gasteiger partial charge in [0, 0.05) is 25.9 Å². The second-order valence-electron chi connectivity index (χ2n) is 7.03. The van der Waals surface area contributed by atoms with Crippen molar-refractivity contribution in [2.75, 3.05) is 33.0 Å². The first-order valence-corrected chi connectivity index (χ1v) is 9.46. The monoisotopic (exact) mass is 333 g/mol. The minimum Gasteiger partial charge on any atom is -0.494 e. The normalized spacial score (nSPS) is 23.3. The number of nitrogens with one attached hydrogen (secondary N) is 1. The third kappa shape index (κ3) is 4.95. The largest absolute Gasteiger partial charge is 0.494 e. The minimum atomic E-state index is 0.0715. The smallest absolute Gasteiger partial charge is 0.119 e. The maximum Gasteiger partial charge on any atom is 0.119 e. The highest BCUT2D eigenvalue weighted by molar-refractivity contribution is 5.28. The maximum absolute atomic E-state index is 6.12. The number of rotatable bonds is 7. The van der Waals surface area contributed by atoms with Gasteiger partial charge >= 0.3 is 0 Å². The number of hydrogen-bond acceptors (Lipinski definition) is 4. The minimum absolute atomic E-state index is 0.0715. The second kappa shape index (κ2) is 8.84. The van der Waals surface area contributed by atoms with E-state index in [1.54, 1.807) is 0 Å². The van der Waals surface area contributed by atoms with Gasteiger partial charge < -0.3 is 19.5 Å². The molecule has 1 spiro atoms. The Morgan fingerprint density at radius 3 is 2.96 bits per heavy atom. The lowest BCUT2D eigenvalue weighted by Gasteiger charge is -2.43. The molecule has 4 nitrogen and oxygen atoms in total. The lowest BCUT2D eigenvalue weighted by molar-refractivity contribution is -0.140. The fourth-order valence-corrected chi connectivity index (χ4v) is 3.73. The summed E-state index contributed by atoms with van der Waals surface area (Å²) < 4.78 is 17.3. The first-order valence-electron chi connectivity index (χ1n) is 9.46. The molecule has 0 bridgehead atoms. The molecular weight excluding hydrogens is 302 g/mol. The number of benzene rings is 1. The fourth-order valence-electron chi connectivity index (χ4n) is 3.73. The van der Waals surface area contributed by atoms with Gasteiger partial charge in [-0.3, -0.25) is 0 Å². The first kappa shape index (κ1) is 17.7. The molecular formula is C20H31NO3. The molecule has 1 atom stereocenters. The molecule has 1 aromatic rings. The van der Waals surface area contributed by atoms with Gasteiger partial charge in [0.2, 0.25) is 0 Å². The lowest BCUT2D eigenvalue weighted by atomic mass is 9.84. The first-order chi connectivity index (χ1) is 11.8. The fraction of sp³-hybridized carbons (Fsp3) is 0.700. The van der Waals surface area contributed by atoms with E-state index in [2.05, 4.69) is 30.4 Å². The molecule has 4 heteroatoms. The molecule has 24 heavy (non-hydrogen) atoms. The summed E-state index contributed by atoms with van der Waals surface area (Å²) in [5.74, 6) is 0.988. The summed E-state index contributed by atoms with van der Waals surface area (Å²) in [5.41, 5.74) is 1.41. The van der Waals surface area contributed by atoms with E-state index in [1.165, 1.54) is 5.56 Å². The molecule has 2 heterocycles. The number of hydrogen-bond donors (Lipinski definition) is 1. The summed E-state index contributed by atoms with van der Waals surface area (Å²) in [4.78, 5) is 0. The van der Waals surface area contributed by atoms with Crippen molar-refractivity contribution in [1.82, 2.24) is 5.32 Å². The molecule has 2 aliphatic rings. The third-order valence-electron chi connectivity index (χ3n) is 5.11. The summed E-state index contributed by atoms with van der Waals surface area (Å²) in [5, 5.41) is 3.74. The van der Waals surface area contributed by atoms with Crippen LogP contribution in [0.5, 0.6) is 5.75 Å². The van der Waals surface area contributed by atoms with Gasteiger partial charge in [-0.25, -0.2) is 0 Å². The van der Waals surface area contributed by atoms with Crippen LogP contribution in [0.15, 0.2) is 24.3 Å². The Kier molecular flexibility index (Phi) is 6.52. The van der Waals surface area contributed by atoms with Crippen molar-refractivity contribution in [2.24, 2.45) is 0 Å². The predicted octanol–water partition coefficient (Wildman–Crippen LogP) is 3.34. The van der Waals surface area contributed by atoms with Crippen molar-refractivity contribution in [2.45, 2.75) is 57.1 Å². The van der Waals surface area contributed by atoms with E-state index in [1.807, 2.05) is 6.07 Å². The van der Waals surface area contributed by atoms with Gasteiger partial charge in [0.25, 0.3) is 0 Å². The van der Waals surface area contributed by atoms with Crippen molar-refractivity contribution in [3.8, 4) is 5.75 Å². The highest BCUT2D eigenvalue weighted by Gasteiger charge is 2.38. The van der Waals surface area contributed by atoms with E-state index in [-0.39, 0.29) is 5.60 Å². The van der Waals surface area contributed by atoms with E-state index < -0.39 is 0 Å². The molecule has 0 amide bonds. The van der Waals surface area contributed by atoms with Crippen LogP contribution in [0.25, 0.3) is 0 Å². The molecule has 3 rings (SSSR count). The van der Waals surface area contributed by atoms with E-state index in [4.69, 9.17) is 14.2 Å². The Bertz CT molecular complexity index is 494. The van der Waals surface area contributed by atoms with Crippen LogP contribution in [-0.2, 0) is 15.9 Å². The highest BCUT2D eigenvalue weighted by Crippen LogP contribution is 2.34. The van der Waals surface area contributed by atoms with Crippen LogP contribution < -0.4 is 10.1 Å². The van der Waals surface area contributed by atoms with Gasteiger partial charge in [-0.1, -0.05) is 19.1 Å². The third-order valence-corrected chi connectivity index (χ3v) is 5.11. The van der Waals surface area contributed by atoms with Gasteiger partial charge in [-0.05, 0) is 62.8 Å². The Hall–Kier alpha value is -1.10. The summed E-state index contributed by atoms with van der Waals surface area (Å²) >= 11 is 0. The molecule has 134 valence electrons. The maximum atomic E-state index is 6.12. The quantitative estimate of drug-likeness (QED) is 0.831. The Labute approximate surface area is 145 Å².